The number of nitrogens with one attached hydrogen (secondary N) is 1. The van der Waals surface area contributed by atoms with Gasteiger partial charge in [0.25, 0.3) is 11.8 Å². The van der Waals surface area contributed by atoms with Crippen LogP contribution in [0.4, 0.5) is 14.9 Å². The molecule has 0 spiro atoms. The van der Waals surface area contributed by atoms with Gasteiger partial charge < -0.3 is 0 Å². The highest BCUT2D eigenvalue weighted by Crippen LogP contribution is 2.27. The van der Waals surface area contributed by atoms with Crippen LogP contribution in [0, 0.1) is 19.7 Å². The molecule has 1 N–H and O–H groups in total. The van der Waals surface area contributed by atoms with Crippen molar-refractivity contribution in [1.82, 2.24) is 5.32 Å². The zero-order valence-corrected chi connectivity index (χ0v) is 19.6. The third-order valence-electron chi connectivity index (χ3n) is 5.28. The fraction of sp³-hybridized carbons (Fsp3) is 0.115. The Morgan fingerprint density at radius 3 is 2.36 bits per heavy atom. The van der Waals surface area contributed by atoms with E-state index in [1.54, 1.807) is 6.07 Å². The number of imide groups is 2. The van der Waals surface area contributed by atoms with E-state index in [1.165, 1.54) is 24.3 Å². The molecule has 3 aromatic carbocycles. The van der Waals surface area contributed by atoms with Crippen LogP contribution in [0.3, 0.4) is 0 Å². The molecular weight excluding hydrogens is 487 g/mol. The first kappa shape index (κ1) is 22.6. The number of aryl methyl sites for hydroxylation is 2. The zero-order chi connectivity index (χ0) is 23.7. The second-order valence-electron chi connectivity index (χ2n) is 7.93. The van der Waals surface area contributed by atoms with E-state index in [-0.39, 0.29) is 11.3 Å². The lowest BCUT2D eigenvalue weighted by molar-refractivity contribution is -0.122. The SMILES string of the molecule is Cc1cc(C)cc(Cc2ccc(Br)cc2/C=C2/C(=O)NC(=O)N(c3ccccc3F)C2=O)c1. The molecule has 166 valence electrons. The van der Waals surface area contributed by atoms with Crippen LogP contribution >= 0.6 is 15.9 Å². The van der Waals surface area contributed by atoms with E-state index in [1.807, 2.05) is 26.0 Å². The quantitative estimate of drug-likeness (QED) is 0.377. The highest BCUT2D eigenvalue weighted by atomic mass is 79.9. The molecule has 1 saturated heterocycles. The van der Waals surface area contributed by atoms with Gasteiger partial charge >= 0.3 is 6.03 Å². The van der Waals surface area contributed by atoms with Gasteiger partial charge in [0.1, 0.15) is 11.4 Å². The normalized spacial score (nSPS) is 15.2. The molecule has 5 nitrogen and oxygen atoms in total. The van der Waals surface area contributed by atoms with Gasteiger partial charge in [-0.3, -0.25) is 14.9 Å². The van der Waals surface area contributed by atoms with Crippen molar-refractivity contribution in [3.63, 3.8) is 0 Å². The van der Waals surface area contributed by atoms with E-state index in [0.717, 1.165) is 32.8 Å². The van der Waals surface area contributed by atoms with E-state index >= 15 is 0 Å². The average Bonchev–Trinajstić information content (AvgIpc) is 2.73. The van der Waals surface area contributed by atoms with Gasteiger partial charge in [0.15, 0.2) is 0 Å². The van der Waals surface area contributed by atoms with Crippen molar-refractivity contribution in [1.29, 1.82) is 0 Å². The van der Waals surface area contributed by atoms with Gasteiger partial charge in [0, 0.05) is 4.47 Å². The number of benzene rings is 3. The molecule has 0 bridgehead atoms. The molecule has 1 aliphatic heterocycles. The maximum Gasteiger partial charge on any atom is 0.336 e. The van der Waals surface area contributed by atoms with Crippen LogP contribution in [0.15, 0.2) is 70.7 Å². The van der Waals surface area contributed by atoms with Crippen LogP contribution in [0.25, 0.3) is 6.08 Å². The highest BCUT2D eigenvalue weighted by molar-refractivity contribution is 9.10. The summed E-state index contributed by atoms with van der Waals surface area (Å²) in [5.41, 5.74) is 4.44. The average molecular weight is 507 g/mol. The molecular formula is C26H20BrFN2O3. The number of hydrogen-bond acceptors (Lipinski definition) is 3. The molecule has 0 aliphatic carbocycles. The van der Waals surface area contributed by atoms with E-state index in [2.05, 4.69) is 39.4 Å². The molecule has 4 amide bonds. The van der Waals surface area contributed by atoms with Gasteiger partial charge in [-0.15, -0.1) is 0 Å². The largest absolute Gasteiger partial charge is 0.336 e. The predicted molar refractivity (Wildman–Crippen MR) is 128 cm³/mol. The van der Waals surface area contributed by atoms with Gasteiger partial charge in [-0.1, -0.05) is 63.5 Å². The molecule has 0 radical (unpaired) electrons. The summed E-state index contributed by atoms with van der Waals surface area (Å²) < 4.78 is 15.1. The summed E-state index contributed by atoms with van der Waals surface area (Å²) in [6.45, 7) is 4.06. The second-order valence-corrected chi connectivity index (χ2v) is 8.84. The molecule has 1 heterocycles. The Labute approximate surface area is 199 Å². The van der Waals surface area contributed by atoms with Crippen LogP contribution < -0.4 is 10.2 Å². The summed E-state index contributed by atoms with van der Waals surface area (Å²) in [6.07, 6.45) is 2.03. The summed E-state index contributed by atoms with van der Waals surface area (Å²) in [7, 11) is 0. The topological polar surface area (TPSA) is 66.5 Å². The number of amides is 4. The molecule has 33 heavy (non-hydrogen) atoms. The molecule has 3 aromatic rings. The molecule has 0 atom stereocenters. The fourth-order valence-electron chi connectivity index (χ4n) is 3.92. The van der Waals surface area contributed by atoms with Crippen LogP contribution in [0.1, 0.15) is 27.8 Å². The predicted octanol–water partition coefficient (Wildman–Crippen LogP) is 5.46. The number of para-hydroxylation sites is 1. The van der Waals surface area contributed by atoms with Crippen molar-refractivity contribution >= 4 is 45.5 Å². The number of anilines is 1. The Morgan fingerprint density at radius 2 is 1.67 bits per heavy atom. The van der Waals surface area contributed by atoms with Crippen LogP contribution in [0.2, 0.25) is 0 Å². The minimum atomic E-state index is -0.989. The molecule has 1 fully saturated rings. The van der Waals surface area contributed by atoms with Gasteiger partial charge in [-0.25, -0.2) is 14.1 Å². The summed E-state index contributed by atoms with van der Waals surface area (Å²) >= 11 is 3.44. The molecule has 0 unspecified atom stereocenters. The maximum atomic E-state index is 14.3. The Balaban J connectivity index is 1.76. The Bertz CT molecular complexity index is 1310. The van der Waals surface area contributed by atoms with Gasteiger partial charge in [0.2, 0.25) is 0 Å². The fourth-order valence-corrected chi connectivity index (χ4v) is 4.30. The first-order chi connectivity index (χ1) is 15.7. The van der Waals surface area contributed by atoms with Gasteiger partial charge in [-0.2, -0.15) is 0 Å². The number of rotatable bonds is 4. The van der Waals surface area contributed by atoms with E-state index in [9.17, 15) is 18.8 Å². The number of hydrogen-bond donors (Lipinski definition) is 1. The van der Waals surface area contributed by atoms with Crippen molar-refractivity contribution in [2.24, 2.45) is 0 Å². The third-order valence-corrected chi connectivity index (χ3v) is 5.77. The summed E-state index contributed by atoms with van der Waals surface area (Å²) in [4.78, 5) is 38.7. The summed E-state index contributed by atoms with van der Waals surface area (Å²) in [5, 5.41) is 2.14. The van der Waals surface area contributed by atoms with Crippen molar-refractivity contribution in [2.45, 2.75) is 20.3 Å². The standard InChI is InChI=1S/C26H20BrFN2O3/c1-15-9-16(2)11-17(10-15)12-18-7-8-20(27)13-19(18)14-21-24(31)29-26(33)30(25(21)32)23-6-4-3-5-22(23)28/h3-11,13-14H,12H2,1-2H3,(H,29,31,33)/b21-14-. The highest BCUT2D eigenvalue weighted by Gasteiger charge is 2.38. The minimum Gasteiger partial charge on any atom is -0.273 e. The number of halogens is 2. The first-order valence-electron chi connectivity index (χ1n) is 10.2. The second kappa shape index (κ2) is 9.11. The summed E-state index contributed by atoms with van der Waals surface area (Å²) in [6, 6.07) is 16.3. The third kappa shape index (κ3) is 4.78. The van der Waals surface area contributed by atoms with E-state index in [0.29, 0.717) is 16.9 Å². The monoisotopic (exact) mass is 506 g/mol. The van der Waals surface area contributed by atoms with Crippen molar-refractivity contribution in [3.05, 3.63) is 104 Å². The number of carbonyl (C=O) groups is 3. The van der Waals surface area contributed by atoms with Crippen LogP contribution in [0.5, 0.6) is 0 Å². The number of carbonyl (C=O) groups excluding carboxylic acids is 3. The Morgan fingerprint density at radius 1 is 0.970 bits per heavy atom. The van der Waals surface area contributed by atoms with Gasteiger partial charge in [-0.05, 0) is 67.3 Å². The lowest BCUT2D eigenvalue weighted by Crippen LogP contribution is -2.54. The van der Waals surface area contributed by atoms with E-state index in [4.69, 9.17) is 0 Å². The molecule has 0 aromatic heterocycles. The van der Waals surface area contributed by atoms with E-state index < -0.39 is 23.7 Å². The Hall–Kier alpha value is -3.58. The summed E-state index contributed by atoms with van der Waals surface area (Å²) in [5.74, 6) is -2.45. The number of nitrogens with zero attached hydrogens (tertiary/aromatic N) is 1. The number of urea groups is 1. The van der Waals surface area contributed by atoms with Crippen molar-refractivity contribution in [2.75, 3.05) is 4.90 Å². The molecule has 4 rings (SSSR count). The minimum absolute atomic E-state index is 0.219. The molecule has 0 saturated carbocycles. The van der Waals surface area contributed by atoms with Crippen LogP contribution in [-0.2, 0) is 16.0 Å². The smallest absolute Gasteiger partial charge is 0.273 e. The van der Waals surface area contributed by atoms with Crippen molar-refractivity contribution < 1.29 is 18.8 Å². The maximum absolute atomic E-state index is 14.3. The molecule has 7 heteroatoms. The van der Waals surface area contributed by atoms with Crippen molar-refractivity contribution in [3.8, 4) is 0 Å². The first-order valence-corrected chi connectivity index (χ1v) is 11.0. The Kier molecular flexibility index (Phi) is 6.24. The lowest BCUT2D eigenvalue weighted by Gasteiger charge is -2.26. The van der Waals surface area contributed by atoms with Gasteiger partial charge in [0.05, 0.1) is 5.69 Å². The molecule has 1 aliphatic rings. The number of barbiturate groups is 1. The van der Waals surface area contributed by atoms with Crippen LogP contribution in [-0.4, -0.2) is 17.8 Å². The lowest BCUT2D eigenvalue weighted by atomic mass is 9.95. The zero-order valence-electron chi connectivity index (χ0n) is 18.0.